The highest BCUT2D eigenvalue weighted by molar-refractivity contribution is 5.81. The third-order valence-corrected chi connectivity index (χ3v) is 4.06. The second-order valence-corrected chi connectivity index (χ2v) is 5.87. The largest absolute Gasteiger partial charge is 0.463 e. The molecule has 0 unspecified atom stereocenters. The van der Waals surface area contributed by atoms with Crippen molar-refractivity contribution in [2.75, 3.05) is 12.3 Å². The van der Waals surface area contributed by atoms with Gasteiger partial charge in [-0.15, -0.1) is 0 Å². The number of H-pyrrole nitrogens is 1. The first-order valence-electron chi connectivity index (χ1n) is 8.19. The van der Waals surface area contributed by atoms with E-state index in [9.17, 15) is 4.79 Å². The maximum Gasteiger partial charge on any atom is 0.328 e. The molecule has 0 spiro atoms. The Morgan fingerprint density at radius 2 is 1.96 bits per heavy atom. The van der Waals surface area contributed by atoms with Crippen LogP contribution in [0, 0.1) is 0 Å². The van der Waals surface area contributed by atoms with Crippen molar-refractivity contribution in [1.82, 2.24) is 24.5 Å². The van der Waals surface area contributed by atoms with Gasteiger partial charge < -0.3 is 15.5 Å². The Kier molecular flexibility index (Phi) is 3.93. The van der Waals surface area contributed by atoms with Gasteiger partial charge in [0.15, 0.2) is 11.5 Å². The molecule has 0 saturated heterocycles. The second kappa shape index (κ2) is 6.39. The summed E-state index contributed by atoms with van der Waals surface area (Å²) in [6.45, 7) is 0.751. The smallest absolute Gasteiger partial charge is 0.328 e. The molecule has 1 aliphatic heterocycles. The summed E-state index contributed by atoms with van der Waals surface area (Å²) in [4.78, 5) is 28.2. The van der Waals surface area contributed by atoms with Gasteiger partial charge in [-0.25, -0.2) is 4.79 Å². The molecule has 3 aromatic rings. The molecule has 3 N–H and O–H groups in total. The van der Waals surface area contributed by atoms with Crippen LogP contribution in [0.15, 0.2) is 35.1 Å². The summed E-state index contributed by atoms with van der Waals surface area (Å²) in [6, 6.07) is 6.01. The van der Waals surface area contributed by atoms with Crippen LogP contribution >= 0.6 is 0 Å². The number of nitrogen functional groups attached to an aromatic ring is 1. The lowest BCUT2D eigenvalue weighted by Gasteiger charge is -2.06. The summed E-state index contributed by atoms with van der Waals surface area (Å²) < 4.78 is 7.09. The highest BCUT2D eigenvalue weighted by atomic mass is 16.5. The van der Waals surface area contributed by atoms with Gasteiger partial charge >= 0.3 is 11.7 Å². The van der Waals surface area contributed by atoms with Crippen LogP contribution in [0.5, 0.6) is 6.01 Å². The molecule has 0 aliphatic carbocycles. The van der Waals surface area contributed by atoms with Crippen molar-refractivity contribution in [2.45, 2.75) is 25.8 Å². The summed E-state index contributed by atoms with van der Waals surface area (Å²) in [7, 11) is 0. The van der Waals surface area contributed by atoms with Gasteiger partial charge in [0, 0.05) is 5.69 Å². The lowest BCUT2D eigenvalue weighted by Crippen LogP contribution is -2.18. The number of aryl methyl sites for hydroxylation is 1. The zero-order valence-corrected chi connectivity index (χ0v) is 13.6. The van der Waals surface area contributed by atoms with Crippen molar-refractivity contribution in [3.8, 4) is 6.01 Å². The topological polar surface area (TPSA) is 112 Å². The SMILES string of the molecule is Nc1nc2nc3c1[nH]c(=O)n3Cc1cccc(n1)CCC=CCCO2. The fraction of sp³-hybridized carbons (Fsp3) is 0.294. The molecule has 0 fully saturated rings. The number of hydrogen-bond donors (Lipinski definition) is 2. The van der Waals surface area contributed by atoms with E-state index in [1.807, 2.05) is 18.2 Å². The molecule has 3 aromatic heterocycles. The summed E-state index contributed by atoms with van der Waals surface area (Å²) in [6.07, 6.45) is 6.68. The monoisotopic (exact) mass is 338 g/mol. The number of aromatic amines is 1. The van der Waals surface area contributed by atoms with Crippen molar-refractivity contribution in [1.29, 1.82) is 0 Å². The number of hydrogen-bond acceptors (Lipinski definition) is 6. The third-order valence-electron chi connectivity index (χ3n) is 4.06. The number of pyridine rings is 1. The van der Waals surface area contributed by atoms with E-state index in [2.05, 4.69) is 32.1 Å². The van der Waals surface area contributed by atoms with E-state index in [1.165, 1.54) is 4.57 Å². The maximum atomic E-state index is 12.3. The molecule has 0 aromatic carbocycles. The minimum absolute atomic E-state index is 0.169. The van der Waals surface area contributed by atoms with Gasteiger partial charge in [-0.05, 0) is 31.4 Å². The van der Waals surface area contributed by atoms with Gasteiger partial charge in [0.2, 0.25) is 0 Å². The zero-order valence-electron chi connectivity index (χ0n) is 13.6. The van der Waals surface area contributed by atoms with Crippen molar-refractivity contribution >= 4 is 17.0 Å². The van der Waals surface area contributed by atoms with Gasteiger partial charge in [0.25, 0.3) is 0 Å². The van der Waals surface area contributed by atoms with Crippen molar-refractivity contribution in [2.24, 2.45) is 0 Å². The molecular formula is C17H18N6O2. The predicted octanol–water partition coefficient (Wildman–Crippen LogP) is 1.42. The molecule has 4 rings (SSSR count). The average molecular weight is 338 g/mol. The minimum atomic E-state index is -0.300. The number of ether oxygens (including phenoxy) is 1. The minimum Gasteiger partial charge on any atom is -0.463 e. The van der Waals surface area contributed by atoms with Crippen LogP contribution in [0.1, 0.15) is 24.2 Å². The molecule has 0 saturated carbocycles. The van der Waals surface area contributed by atoms with E-state index >= 15 is 0 Å². The summed E-state index contributed by atoms with van der Waals surface area (Å²) in [5.41, 5.74) is 8.28. The van der Waals surface area contributed by atoms with Gasteiger partial charge in [-0.1, -0.05) is 18.2 Å². The van der Waals surface area contributed by atoms with Gasteiger partial charge in [-0.2, -0.15) is 9.97 Å². The molecule has 0 atom stereocenters. The predicted molar refractivity (Wildman–Crippen MR) is 93.5 cm³/mol. The first kappa shape index (κ1) is 15.4. The average Bonchev–Trinajstić information content (AvgIpc) is 2.90. The van der Waals surface area contributed by atoms with E-state index in [0.29, 0.717) is 24.3 Å². The molecule has 4 heterocycles. The summed E-state index contributed by atoms with van der Waals surface area (Å²) in [5, 5.41) is 0. The number of allylic oxidation sites excluding steroid dienone is 1. The number of nitrogens with zero attached hydrogens (tertiary/aromatic N) is 4. The Morgan fingerprint density at radius 3 is 2.88 bits per heavy atom. The van der Waals surface area contributed by atoms with Crippen LogP contribution in [-0.4, -0.2) is 31.1 Å². The van der Waals surface area contributed by atoms with Crippen molar-refractivity contribution in [3.63, 3.8) is 0 Å². The van der Waals surface area contributed by atoms with Crippen LogP contribution in [0.2, 0.25) is 0 Å². The molecule has 8 heteroatoms. The van der Waals surface area contributed by atoms with E-state index in [1.54, 1.807) is 0 Å². The lowest BCUT2D eigenvalue weighted by molar-refractivity contribution is 0.300. The Bertz CT molecular complexity index is 1000. The van der Waals surface area contributed by atoms with E-state index in [0.717, 1.165) is 30.7 Å². The fourth-order valence-corrected chi connectivity index (χ4v) is 2.85. The Balaban J connectivity index is 1.84. The Morgan fingerprint density at radius 1 is 1.12 bits per heavy atom. The molecule has 25 heavy (non-hydrogen) atoms. The second-order valence-electron chi connectivity index (χ2n) is 5.87. The number of nitrogens with two attached hydrogens (primary N) is 1. The van der Waals surface area contributed by atoms with Crippen LogP contribution < -0.4 is 16.2 Å². The van der Waals surface area contributed by atoms with Crippen LogP contribution in [0.4, 0.5) is 5.82 Å². The number of imidazole rings is 1. The quantitative estimate of drug-likeness (QED) is 0.600. The Hall–Kier alpha value is -3.16. The molecule has 0 amide bonds. The number of anilines is 1. The van der Waals surface area contributed by atoms with Gasteiger partial charge in [0.05, 0.1) is 18.8 Å². The van der Waals surface area contributed by atoms with Gasteiger partial charge in [0.1, 0.15) is 5.52 Å². The zero-order chi connectivity index (χ0) is 17.2. The molecule has 1 aliphatic rings. The van der Waals surface area contributed by atoms with Crippen LogP contribution in [0.25, 0.3) is 11.2 Å². The number of fused-ring (bicyclic) bond motifs is 3. The van der Waals surface area contributed by atoms with E-state index < -0.39 is 0 Å². The molecule has 0 radical (unpaired) electrons. The Labute approximate surface area is 143 Å². The number of nitrogens with one attached hydrogen (secondary N) is 1. The van der Waals surface area contributed by atoms with E-state index in [4.69, 9.17) is 10.5 Å². The normalized spacial score (nSPS) is 14.9. The number of rotatable bonds is 0. The van der Waals surface area contributed by atoms with Crippen LogP contribution in [-0.2, 0) is 13.0 Å². The summed E-state index contributed by atoms with van der Waals surface area (Å²) >= 11 is 0. The fourth-order valence-electron chi connectivity index (χ4n) is 2.85. The van der Waals surface area contributed by atoms with Crippen LogP contribution in [0.3, 0.4) is 0 Å². The summed E-state index contributed by atoms with van der Waals surface area (Å²) in [5.74, 6) is 0.192. The standard InChI is InChI=1S/C17H18N6O2/c18-14-13-15-22-16(21-14)25-9-4-2-1-3-6-11-7-5-8-12(19-11)10-23(15)17(24)20-13/h1-2,5,7-8H,3-4,6,9-10H2,(H,20,24)(H2,18,21,22). The molecule has 4 bridgehead atoms. The highest BCUT2D eigenvalue weighted by Gasteiger charge is 2.15. The molecule has 8 nitrogen and oxygen atoms in total. The number of aromatic nitrogens is 5. The lowest BCUT2D eigenvalue weighted by atomic mass is 10.2. The first-order valence-corrected chi connectivity index (χ1v) is 8.19. The van der Waals surface area contributed by atoms with Crippen molar-refractivity contribution in [3.05, 3.63) is 52.2 Å². The highest BCUT2D eigenvalue weighted by Crippen LogP contribution is 2.18. The van der Waals surface area contributed by atoms with Gasteiger partial charge in [-0.3, -0.25) is 9.55 Å². The first-order chi connectivity index (χ1) is 12.2. The maximum absolute atomic E-state index is 12.3. The van der Waals surface area contributed by atoms with Crippen molar-refractivity contribution < 1.29 is 4.74 Å². The molecule has 128 valence electrons. The van der Waals surface area contributed by atoms with E-state index in [-0.39, 0.29) is 17.5 Å². The third kappa shape index (κ3) is 3.10. The molecular weight excluding hydrogens is 320 g/mol.